The second-order valence-corrected chi connectivity index (χ2v) is 9.68. The van der Waals surface area contributed by atoms with Crippen molar-refractivity contribution in [2.24, 2.45) is 0 Å². The van der Waals surface area contributed by atoms with E-state index in [0.29, 0.717) is 49.0 Å². The van der Waals surface area contributed by atoms with Crippen molar-refractivity contribution < 1.29 is 23.5 Å². The number of esters is 1. The zero-order valence-corrected chi connectivity index (χ0v) is 22.7. The van der Waals surface area contributed by atoms with Gasteiger partial charge in [-0.2, -0.15) is 0 Å². The van der Waals surface area contributed by atoms with E-state index in [1.54, 1.807) is 42.2 Å². The van der Waals surface area contributed by atoms with Gasteiger partial charge in [0.1, 0.15) is 5.82 Å². The molecule has 1 saturated heterocycles. The number of piperazine rings is 1. The van der Waals surface area contributed by atoms with Gasteiger partial charge in [-0.05, 0) is 37.6 Å². The van der Waals surface area contributed by atoms with Gasteiger partial charge in [-0.1, -0.05) is 47.5 Å². The molecule has 1 fully saturated rings. The van der Waals surface area contributed by atoms with Crippen LogP contribution in [0.5, 0.6) is 0 Å². The van der Waals surface area contributed by atoms with Crippen molar-refractivity contribution in [1.82, 2.24) is 20.0 Å². The summed E-state index contributed by atoms with van der Waals surface area (Å²) >= 11 is 12.7. The summed E-state index contributed by atoms with van der Waals surface area (Å²) in [6.45, 7) is 5.97. The lowest BCUT2D eigenvalue weighted by Crippen LogP contribution is -2.53. The molecule has 4 rings (SSSR count). The van der Waals surface area contributed by atoms with Gasteiger partial charge in [-0.25, -0.2) is 14.0 Å². The predicted molar refractivity (Wildman–Crippen MR) is 143 cm³/mol. The molecule has 0 spiro atoms. The van der Waals surface area contributed by atoms with Gasteiger partial charge in [0.2, 0.25) is 0 Å². The molecule has 2 aliphatic heterocycles. The van der Waals surface area contributed by atoms with Gasteiger partial charge in [0.25, 0.3) is 5.91 Å². The Morgan fingerprint density at radius 1 is 1.05 bits per heavy atom. The van der Waals surface area contributed by atoms with Gasteiger partial charge < -0.3 is 15.0 Å². The summed E-state index contributed by atoms with van der Waals surface area (Å²) in [5, 5.41) is 3.43. The van der Waals surface area contributed by atoms with E-state index in [1.165, 1.54) is 17.0 Å². The van der Waals surface area contributed by atoms with Crippen molar-refractivity contribution in [2.75, 3.05) is 45.9 Å². The van der Waals surface area contributed by atoms with Gasteiger partial charge in [0.05, 0.1) is 33.8 Å². The van der Waals surface area contributed by atoms with E-state index in [2.05, 4.69) is 10.2 Å². The lowest BCUT2D eigenvalue weighted by atomic mass is 9.94. The minimum Gasteiger partial charge on any atom is -0.463 e. The number of ether oxygens (including phenoxy) is 1. The fraction of sp³-hybridized carbons (Fsp3) is 0.370. The highest BCUT2D eigenvalue weighted by molar-refractivity contribution is 6.42. The number of nitrogens with one attached hydrogen (secondary N) is 1. The molecule has 0 bridgehead atoms. The molecule has 202 valence electrons. The third-order valence-corrected chi connectivity index (χ3v) is 7.51. The summed E-state index contributed by atoms with van der Waals surface area (Å²) in [5.41, 5.74) is 1.31. The quantitative estimate of drug-likeness (QED) is 0.502. The van der Waals surface area contributed by atoms with Crippen molar-refractivity contribution in [3.8, 4) is 0 Å². The molecule has 1 unspecified atom stereocenters. The van der Waals surface area contributed by atoms with Crippen molar-refractivity contribution >= 4 is 41.1 Å². The molecule has 38 heavy (non-hydrogen) atoms. The van der Waals surface area contributed by atoms with E-state index >= 15 is 0 Å². The molecular formula is C27H29Cl2FN4O4. The maximum atomic E-state index is 14.1. The first kappa shape index (κ1) is 27.9. The fourth-order valence-electron chi connectivity index (χ4n) is 4.76. The lowest BCUT2D eigenvalue weighted by molar-refractivity contribution is -0.139. The number of urea groups is 1. The second kappa shape index (κ2) is 12.1. The van der Waals surface area contributed by atoms with Crippen LogP contribution in [0.15, 0.2) is 53.7 Å². The number of halogens is 3. The largest absolute Gasteiger partial charge is 0.463 e. The van der Waals surface area contributed by atoms with Gasteiger partial charge in [0, 0.05) is 45.0 Å². The van der Waals surface area contributed by atoms with Gasteiger partial charge in [-0.15, -0.1) is 0 Å². The third kappa shape index (κ3) is 5.65. The maximum absolute atomic E-state index is 14.1. The standard InChI is InChI=1S/C27H29Cl2FN4O4/c1-3-34-21(16-32-12-14-33(15-13-32)25(35)17-8-5-6-11-20(17)30)22(26(36)38-4-2)24(31-27(34)37)18-9-7-10-19(28)23(18)29/h5-11,24H,3-4,12-16H2,1-2H3,(H,31,37). The predicted octanol–water partition coefficient (Wildman–Crippen LogP) is 4.49. The molecule has 2 heterocycles. The van der Waals surface area contributed by atoms with Crippen LogP contribution in [0.4, 0.5) is 9.18 Å². The summed E-state index contributed by atoms with van der Waals surface area (Å²) in [6.07, 6.45) is 0. The zero-order chi connectivity index (χ0) is 27.4. The highest BCUT2D eigenvalue weighted by atomic mass is 35.5. The SMILES string of the molecule is CCOC(=O)C1=C(CN2CCN(C(=O)c3ccccc3F)CC2)N(CC)C(=O)NC1c1cccc(Cl)c1Cl. The van der Waals surface area contributed by atoms with E-state index in [1.807, 2.05) is 6.92 Å². The summed E-state index contributed by atoms with van der Waals surface area (Å²) in [7, 11) is 0. The number of benzene rings is 2. The summed E-state index contributed by atoms with van der Waals surface area (Å²) in [5.74, 6) is -1.48. The molecule has 1 atom stereocenters. The molecule has 1 N–H and O–H groups in total. The summed E-state index contributed by atoms with van der Waals surface area (Å²) in [6, 6.07) is 9.74. The van der Waals surface area contributed by atoms with Crippen LogP contribution in [-0.2, 0) is 9.53 Å². The van der Waals surface area contributed by atoms with Crippen molar-refractivity contribution in [2.45, 2.75) is 19.9 Å². The van der Waals surface area contributed by atoms with Crippen LogP contribution in [0.1, 0.15) is 35.8 Å². The Hall–Kier alpha value is -3.14. The lowest BCUT2D eigenvalue weighted by Gasteiger charge is -2.40. The zero-order valence-electron chi connectivity index (χ0n) is 21.2. The molecule has 8 nitrogen and oxygen atoms in total. The first-order chi connectivity index (χ1) is 18.3. The second-order valence-electron chi connectivity index (χ2n) is 8.90. The van der Waals surface area contributed by atoms with Crippen LogP contribution < -0.4 is 5.32 Å². The fourth-order valence-corrected chi connectivity index (χ4v) is 5.18. The van der Waals surface area contributed by atoms with E-state index in [0.717, 1.165) is 0 Å². The number of amides is 3. The number of hydrogen-bond donors (Lipinski definition) is 1. The highest BCUT2D eigenvalue weighted by Crippen LogP contribution is 2.38. The van der Waals surface area contributed by atoms with Crippen molar-refractivity contribution in [3.05, 3.63) is 80.7 Å². The van der Waals surface area contributed by atoms with E-state index in [4.69, 9.17) is 27.9 Å². The molecule has 3 amide bonds. The smallest absolute Gasteiger partial charge is 0.338 e. The summed E-state index contributed by atoms with van der Waals surface area (Å²) < 4.78 is 19.5. The van der Waals surface area contributed by atoms with E-state index < -0.39 is 17.8 Å². The Balaban J connectivity index is 1.63. The Kier molecular flexibility index (Phi) is 8.91. The topological polar surface area (TPSA) is 82.2 Å². The molecule has 2 aromatic rings. The van der Waals surface area contributed by atoms with Crippen LogP contribution in [0.25, 0.3) is 0 Å². The van der Waals surface area contributed by atoms with E-state index in [-0.39, 0.29) is 41.2 Å². The number of nitrogens with zero attached hydrogens (tertiary/aromatic N) is 3. The normalized spacial score (nSPS) is 18.4. The maximum Gasteiger partial charge on any atom is 0.338 e. The number of carbonyl (C=O) groups is 3. The first-order valence-electron chi connectivity index (χ1n) is 12.4. The molecule has 0 radical (unpaired) electrons. The monoisotopic (exact) mass is 562 g/mol. The Morgan fingerprint density at radius 2 is 1.76 bits per heavy atom. The molecular weight excluding hydrogens is 534 g/mol. The third-order valence-electron chi connectivity index (χ3n) is 6.68. The van der Waals surface area contributed by atoms with Crippen LogP contribution in [-0.4, -0.2) is 78.5 Å². The molecule has 0 aliphatic carbocycles. The molecule has 2 aromatic carbocycles. The number of hydrogen-bond acceptors (Lipinski definition) is 5. The van der Waals surface area contributed by atoms with Gasteiger partial charge in [0.15, 0.2) is 0 Å². The highest BCUT2D eigenvalue weighted by Gasteiger charge is 2.39. The minimum absolute atomic E-state index is 0.0376. The number of carbonyl (C=O) groups excluding carboxylic acids is 3. The molecule has 11 heteroatoms. The average molecular weight is 563 g/mol. The van der Waals surface area contributed by atoms with E-state index in [9.17, 15) is 18.8 Å². The Labute approximate surface area is 230 Å². The Bertz CT molecular complexity index is 1260. The molecule has 0 aromatic heterocycles. The van der Waals surface area contributed by atoms with Crippen LogP contribution >= 0.6 is 23.2 Å². The van der Waals surface area contributed by atoms with Crippen LogP contribution in [0.3, 0.4) is 0 Å². The number of rotatable bonds is 7. The molecule has 2 aliphatic rings. The first-order valence-corrected chi connectivity index (χ1v) is 13.2. The van der Waals surface area contributed by atoms with Crippen LogP contribution in [0, 0.1) is 5.82 Å². The number of likely N-dealkylation sites (N-methyl/N-ethyl adjacent to an activating group) is 1. The average Bonchev–Trinajstić information content (AvgIpc) is 2.90. The molecule has 0 saturated carbocycles. The van der Waals surface area contributed by atoms with Gasteiger partial charge in [-0.3, -0.25) is 14.6 Å². The minimum atomic E-state index is -0.852. The van der Waals surface area contributed by atoms with Crippen LogP contribution in [0.2, 0.25) is 10.0 Å². The van der Waals surface area contributed by atoms with Gasteiger partial charge >= 0.3 is 12.0 Å². The summed E-state index contributed by atoms with van der Waals surface area (Å²) in [4.78, 5) is 44.5. The Morgan fingerprint density at radius 3 is 2.42 bits per heavy atom. The van der Waals surface area contributed by atoms with Crippen molar-refractivity contribution in [3.63, 3.8) is 0 Å². The van der Waals surface area contributed by atoms with Crippen molar-refractivity contribution in [1.29, 1.82) is 0 Å².